The van der Waals surface area contributed by atoms with E-state index in [1.165, 1.54) is 12.1 Å². The summed E-state index contributed by atoms with van der Waals surface area (Å²) in [6, 6.07) is 12.0. The molecule has 2 aromatic heterocycles. The normalized spacial score (nSPS) is 12.5. The number of nitrogens with one attached hydrogen (secondary N) is 2. The smallest absolute Gasteiger partial charge is 0.191 e. The molecule has 3 aromatic rings. The molecule has 8 heteroatoms. The topological polar surface area (TPSA) is 76.4 Å². The third-order valence-electron chi connectivity index (χ3n) is 4.43. The van der Waals surface area contributed by atoms with Crippen molar-refractivity contribution in [3.63, 3.8) is 0 Å². The van der Waals surface area contributed by atoms with Crippen LogP contribution in [0.4, 0.5) is 4.39 Å². The van der Waals surface area contributed by atoms with E-state index in [-0.39, 0.29) is 11.9 Å². The van der Waals surface area contributed by atoms with E-state index in [2.05, 4.69) is 25.7 Å². The fraction of sp³-hybridized carbons (Fsp3) is 0.318. The Hall–Kier alpha value is -3.42. The van der Waals surface area contributed by atoms with E-state index >= 15 is 0 Å². The molecule has 0 saturated heterocycles. The Morgan fingerprint density at radius 3 is 2.53 bits per heavy atom. The van der Waals surface area contributed by atoms with Crippen molar-refractivity contribution in [3.8, 4) is 11.6 Å². The van der Waals surface area contributed by atoms with Gasteiger partial charge in [0.2, 0.25) is 0 Å². The van der Waals surface area contributed by atoms with Gasteiger partial charge >= 0.3 is 0 Å². The van der Waals surface area contributed by atoms with Gasteiger partial charge in [0.25, 0.3) is 0 Å². The van der Waals surface area contributed by atoms with Crippen molar-refractivity contribution in [1.82, 2.24) is 25.4 Å². The summed E-state index contributed by atoms with van der Waals surface area (Å²) in [6.45, 7) is 7.04. The number of aliphatic imine (C=N–C) groups is 1. The van der Waals surface area contributed by atoms with Crippen molar-refractivity contribution in [3.05, 3.63) is 71.4 Å². The van der Waals surface area contributed by atoms with E-state index in [0.717, 1.165) is 22.8 Å². The average molecular weight is 410 g/mol. The molecule has 1 atom stereocenters. The average Bonchev–Trinajstić information content (AvgIpc) is 3.08. The number of benzene rings is 1. The van der Waals surface area contributed by atoms with Gasteiger partial charge in [-0.15, -0.1) is 0 Å². The highest BCUT2D eigenvalue weighted by atomic mass is 19.1. The minimum absolute atomic E-state index is 0.115. The van der Waals surface area contributed by atoms with Crippen LogP contribution in [0.15, 0.2) is 53.7 Å². The van der Waals surface area contributed by atoms with Crippen LogP contribution in [0.5, 0.6) is 5.75 Å². The molecule has 2 heterocycles. The fourth-order valence-corrected chi connectivity index (χ4v) is 2.94. The van der Waals surface area contributed by atoms with Crippen molar-refractivity contribution in [2.75, 3.05) is 13.6 Å². The molecule has 3 rings (SSSR count). The van der Waals surface area contributed by atoms with Crippen molar-refractivity contribution >= 4 is 5.96 Å². The zero-order valence-electron chi connectivity index (χ0n) is 17.7. The van der Waals surface area contributed by atoms with Crippen LogP contribution in [0.1, 0.15) is 23.9 Å². The van der Waals surface area contributed by atoms with E-state index in [0.29, 0.717) is 24.8 Å². The minimum atomic E-state index is -0.282. The molecule has 0 aliphatic rings. The van der Waals surface area contributed by atoms with E-state index in [4.69, 9.17) is 4.74 Å². The quantitative estimate of drug-likeness (QED) is 0.462. The third-order valence-corrected chi connectivity index (χ3v) is 4.43. The summed E-state index contributed by atoms with van der Waals surface area (Å²) >= 11 is 0. The lowest BCUT2D eigenvalue weighted by atomic mass is 10.3. The van der Waals surface area contributed by atoms with Crippen molar-refractivity contribution in [1.29, 1.82) is 0 Å². The molecule has 158 valence electrons. The van der Waals surface area contributed by atoms with Crippen molar-refractivity contribution in [2.45, 2.75) is 33.4 Å². The second-order valence-corrected chi connectivity index (χ2v) is 7.05. The number of guanidine groups is 1. The maximum Gasteiger partial charge on any atom is 0.191 e. The van der Waals surface area contributed by atoms with E-state index in [9.17, 15) is 4.39 Å². The zero-order valence-corrected chi connectivity index (χ0v) is 17.7. The van der Waals surface area contributed by atoms with Gasteiger partial charge in [0.1, 0.15) is 17.7 Å². The van der Waals surface area contributed by atoms with Gasteiger partial charge in [-0.25, -0.2) is 14.1 Å². The highest BCUT2D eigenvalue weighted by Gasteiger charge is 2.07. The molecule has 0 radical (unpaired) electrons. The molecule has 7 nitrogen and oxygen atoms in total. The van der Waals surface area contributed by atoms with Gasteiger partial charge in [0.05, 0.1) is 12.2 Å². The number of hydrogen-bond donors (Lipinski definition) is 2. The number of ether oxygens (including phenoxy) is 1. The van der Waals surface area contributed by atoms with Crippen LogP contribution in [0.3, 0.4) is 0 Å². The predicted octanol–water partition coefficient (Wildman–Crippen LogP) is 3.16. The summed E-state index contributed by atoms with van der Waals surface area (Å²) in [7, 11) is 1.71. The molecule has 0 aliphatic heterocycles. The molecule has 0 aliphatic carbocycles. The monoisotopic (exact) mass is 410 g/mol. The van der Waals surface area contributed by atoms with Crippen LogP contribution >= 0.6 is 0 Å². The molecular weight excluding hydrogens is 383 g/mol. The van der Waals surface area contributed by atoms with Crippen molar-refractivity contribution in [2.24, 2.45) is 4.99 Å². The molecule has 0 fully saturated rings. The van der Waals surface area contributed by atoms with E-state index in [1.54, 1.807) is 19.2 Å². The largest absolute Gasteiger partial charge is 0.489 e. The Kier molecular flexibility index (Phi) is 7.00. The third kappa shape index (κ3) is 5.79. The van der Waals surface area contributed by atoms with Crippen LogP contribution in [-0.2, 0) is 6.54 Å². The maximum absolute atomic E-state index is 13.0. The molecule has 2 N–H and O–H groups in total. The number of hydrogen-bond acceptors (Lipinski definition) is 4. The lowest BCUT2D eigenvalue weighted by molar-refractivity contribution is 0.223. The first-order valence-electron chi connectivity index (χ1n) is 9.80. The number of aromatic nitrogens is 3. The second-order valence-electron chi connectivity index (χ2n) is 7.05. The standard InChI is InChI=1S/C22H27FN6O/c1-15-11-16(2)29(28-15)21-10-5-18(13-25-21)14-27-22(24-4)26-12-17(3)30-20-8-6-19(23)7-9-20/h5-11,13,17H,12,14H2,1-4H3,(H2,24,26,27). The molecule has 0 amide bonds. The number of nitrogens with zero attached hydrogens (tertiary/aromatic N) is 4. The number of halogens is 1. The van der Waals surface area contributed by atoms with Gasteiger partial charge < -0.3 is 15.4 Å². The summed E-state index contributed by atoms with van der Waals surface area (Å²) in [4.78, 5) is 8.74. The van der Waals surface area contributed by atoms with Crippen LogP contribution in [0, 0.1) is 19.7 Å². The zero-order chi connectivity index (χ0) is 21.5. The molecule has 0 spiro atoms. The first kappa shape index (κ1) is 21.3. The van der Waals surface area contributed by atoms with Gasteiger partial charge in [0, 0.05) is 25.5 Å². The summed E-state index contributed by atoms with van der Waals surface area (Å²) in [5.41, 5.74) is 3.04. The first-order chi connectivity index (χ1) is 14.4. The highest BCUT2D eigenvalue weighted by molar-refractivity contribution is 5.79. The molecule has 30 heavy (non-hydrogen) atoms. The van der Waals surface area contributed by atoms with Gasteiger partial charge in [-0.3, -0.25) is 4.99 Å². The lowest BCUT2D eigenvalue weighted by Crippen LogP contribution is -2.41. The maximum atomic E-state index is 13.0. The molecule has 1 aromatic carbocycles. The van der Waals surface area contributed by atoms with Gasteiger partial charge in [-0.2, -0.15) is 5.10 Å². The summed E-state index contributed by atoms with van der Waals surface area (Å²) < 4.78 is 20.6. The van der Waals surface area contributed by atoms with Gasteiger partial charge in [0.15, 0.2) is 11.8 Å². The number of pyridine rings is 1. The SMILES string of the molecule is CN=C(NCc1ccc(-n2nc(C)cc2C)nc1)NCC(C)Oc1ccc(F)cc1. The van der Waals surface area contributed by atoms with E-state index < -0.39 is 0 Å². The van der Waals surface area contributed by atoms with Crippen molar-refractivity contribution < 1.29 is 9.13 Å². The van der Waals surface area contributed by atoms with Crippen LogP contribution < -0.4 is 15.4 Å². The van der Waals surface area contributed by atoms with E-state index in [1.807, 2.05) is 49.8 Å². The summed E-state index contributed by atoms with van der Waals surface area (Å²) in [5.74, 6) is 1.79. The summed E-state index contributed by atoms with van der Waals surface area (Å²) in [6.07, 6.45) is 1.71. The van der Waals surface area contributed by atoms with Crippen LogP contribution in [0.25, 0.3) is 5.82 Å². The Bertz CT molecular complexity index is 982. The minimum Gasteiger partial charge on any atom is -0.489 e. The first-order valence-corrected chi connectivity index (χ1v) is 9.80. The Balaban J connectivity index is 1.48. The molecular formula is C22H27FN6O. The summed E-state index contributed by atoms with van der Waals surface area (Å²) in [5, 5.41) is 10.9. The Morgan fingerprint density at radius 2 is 1.93 bits per heavy atom. The Labute approximate surface area is 176 Å². The predicted molar refractivity (Wildman–Crippen MR) is 116 cm³/mol. The Morgan fingerprint density at radius 1 is 1.17 bits per heavy atom. The van der Waals surface area contributed by atoms with Crippen LogP contribution in [0.2, 0.25) is 0 Å². The fourth-order valence-electron chi connectivity index (χ4n) is 2.94. The molecule has 0 bridgehead atoms. The number of aryl methyl sites for hydroxylation is 2. The number of rotatable bonds is 7. The molecule has 0 saturated carbocycles. The van der Waals surface area contributed by atoms with Gasteiger partial charge in [-0.1, -0.05) is 6.07 Å². The lowest BCUT2D eigenvalue weighted by Gasteiger charge is -2.18. The van der Waals surface area contributed by atoms with Gasteiger partial charge in [-0.05, 0) is 62.7 Å². The second kappa shape index (κ2) is 9.87. The highest BCUT2D eigenvalue weighted by Crippen LogP contribution is 2.13. The molecule has 1 unspecified atom stereocenters. The van der Waals surface area contributed by atoms with Crippen LogP contribution in [-0.4, -0.2) is 40.4 Å².